The van der Waals surface area contributed by atoms with Gasteiger partial charge in [-0.25, -0.2) is 0 Å². The van der Waals surface area contributed by atoms with Crippen LogP contribution in [0.3, 0.4) is 0 Å². The quantitative estimate of drug-likeness (QED) is 0.850. The number of hydrogen-bond donors (Lipinski definition) is 2. The Labute approximate surface area is 143 Å². The van der Waals surface area contributed by atoms with E-state index in [1.165, 1.54) is 0 Å². The number of nitrogens with one attached hydrogen (secondary N) is 1. The summed E-state index contributed by atoms with van der Waals surface area (Å²) in [6.07, 6.45) is 0. The summed E-state index contributed by atoms with van der Waals surface area (Å²) in [7, 11) is 0. The average molecular weight is 330 g/mol. The van der Waals surface area contributed by atoms with Crippen LogP contribution in [-0.2, 0) is 4.79 Å². The summed E-state index contributed by atoms with van der Waals surface area (Å²) in [6, 6.07) is 8.84. The Hall–Kier alpha value is -1.94. The maximum absolute atomic E-state index is 12.5. The van der Waals surface area contributed by atoms with Crippen LogP contribution in [-0.4, -0.2) is 65.2 Å². The molecule has 1 amide bonds. The Kier molecular flexibility index (Phi) is 5.94. The first-order chi connectivity index (χ1) is 11.3. The van der Waals surface area contributed by atoms with E-state index in [1.54, 1.807) is 24.3 Å². The highest BCUT2D eigenvalue weighted by Crippen LogP contribution is 2.16. The van der Waals surface area contributed by atoms with E-state index >= 15 is 0 Å². The van der Waals surface area contributed by atoms with Crippen molar-refractivity contribution in [3.8, 4) is 6.07 Å². The first-order valence-electron chi connectivity index (χ1n) is 8.29. The van der Waals surface area contributed by atoms with E-state index in [2.05, 4.69) is 21.2 Å². The molecule has 1 heterocycles. The highest BCUT2D eigenvalue weighted by atomic mass is 16.3. The molecule has 1 aromatic carbocycles. The molecule has 1 atom stereocenters. The van der Waals surface area contributed by atoms with Gasteiger partial charge in [0.1, 0.15) is 6.07 Å². The number of rotatable bonds is 5. The number of anilines is 1. The fourth-order valence-electron chi connectivity index (χ4n) is 2.95. The molecule has 0 aromatic heterocycles. The van der Waals surface area contributed by atoms with E-state index < -0.39 is 5.60 Å². The number of β-amino-alcohol motifs (C(OH)–C–C–N with tert-alkyl or cyclic N) is 1. The van der Waals surface area contributed by atoms with Crippen molar-refractivity contribution in [2.45, 2.75) is 32.4 Å². The third-order valence-corrected chi connectivity index (χ3v) is 4.25. The lowest BCUT2D eigenvalue weighted by Gasteiger charge is -2.39. The molecule has 2 rings (SSSR count). The van der Waals surface area contributed by atoms with E-state index in [9.17, 15) is 9.90 Å². The van der Waals surface area contributed by atoms with Crippen LogP contribution in [0.15, 0.2) is 24.3 Å². The number of piperazine rings is 1. The molecular weight excluding hydrogens is 304 g/mol. The first-order valence-corrected chi connectivity index (χ1v) is 8.29. The molecule has 0 aliphatic carbocycles. The van der Waals surface area contributed by atoms with Gasteiger partial charge in [0.25, 0.3) is 0 Å². The summed E-state index contributed by atoms with van der Waals surface area (Å²) in [6.45, 7) is 9.36. The maximum atomic E-state index is 12.5. The lowest BCUT2D eigenvalue weighted by molar-refractivity contribution is -0.121. The summed E-state index contributed by atoms with van der Waals surface area (Å²) in [5.41, 5.74) is 0.317. The molecule has 130 valence electrons. The number of benzene rings is 1. The van der Waals surface area contributed by atoms with Crippen molar-refractivity contribution in [3.05, 3.63) is 29.8 Å². The van der Waals surface area contributed by atoms with Gasteiger partial charge in [0.05, 0.1) is 22.9 Å². The maximum Gasteiger partial charge on any atom is 0.241 e. The van der Waals surface area contributed by atoms with E-state index in [0.717, 1.165) is 26.2 Å². The number of para-hydroxylation sites is 1. The summed E-state index contributed by atoms with van der Waals surface area (Å²) in [5, 5.41) is 21.9. The van der Waals surface area contributed by atoms with Gasteiger partial charge in [-0.15, -0.1) is 0 Å². The highest BCUT2D eigenvalue weighted by Gasteiger charge is 2.28. The monoisotopic (exact) mass is 330 g/mol. The minimum Gasteiger partial charge on any atom is -0.389 e. The second-order valence-corrected chi connectivity index (χ2v) is 6.95. The zero-order chi connectivity index (χ0) is 17.7. The molecular formula is C18H26N4O2. The van der Waals surface area contributed by atoms with Crippen molar-refractivity contribution in [3.63, 3.8) is 0 Å². The fraction of sp³-hybridized carbons (Fsp3) is 0.556. The Bertz CT molecular complexity index is 610. The van der Waals surface area contributed by atoms with Gasteiger partial charge < -0.3 is 10.4 Å². The number of nitrogens with zero attached hydrogens (tertiary/aromatic N) is 3. The molecule has 1 aromatic rings. The van der Waals surface area contributed by atoms with Gasteiger partial charge in [-0.1, -0.05) is 12.1 Å². The van der Waals surface area contributed by atoms with Crippen LogP contribution in [0.25, 0.3) is 0 Å². The second-order valence-electron chi connectivity index (χ2n) is 6.95. The first kappa shape index (κ1) is 18.4. The number of aliphatic hydroxyl groups is 1. The van der Waals surface area contributed by atoms with Crippen LogP contribution in [0, 0.1) is 11.3 Å². The minimum atomic E-state index is -0.702. The number of carbonyl (C=O) groups is 1. The number of hydrogen-bond acceptors (Lipinski definition) is 5. The standard InChI is InChI=1S/C18H26N4O2/c1-14(17(23)20-16-7-5-4-6-15(16)12-19)22-10-8-21(9-11-22)13-18(2,3)24/h4-7,14,24H,8-11,13H2,1-3H3,(H,20,23)/t14-/m0/s1. The van der Waals surface area contributed by atoms with Gasteiger partial charge in [-0.2, -0.15) is 5.26 Å². The van der Waals surface area contributed by atoms with Crippen molar-refractivity contribution in [2.75, 3.05) is 38.0 Å². The van der Waals surface area contributed by atoms with E-state index in [1.807, 2.05) is 20.8 Å². The lowest BCUT2D eigenvalue weighted by atomic mass is 10.1. The zero-order valence-corrected chi connectivity index (χ0v) is 14.6. The van der Waals surface area contributed by atoms with E-state index in [0.29, 0.717) is 17.8 Å². The van der Waals surface area contributed by atoms with Crippen LogP contribution in [0.1, 0.15) is 26.3 Å². The van der Waals surface area contributed by atoms with Gasteiger partial charge in [0.2, 0.25) is 5.91 Å². The van der Waals surface area contributed by atoms with Gasteiger partial charge >= 0.3 is 0 Å². The third kappa shape index (κ3) is 5.03. The van der Waals surface area contributed by atoms with Gasteiger partial charge in [0, 0.05) is 32.7 Å². The largest absolute Gasteiger partial charge is 0.389 e. The van der Waals surface area contributed by atoms with Crippen LogP contribution in [0.5, 0.6) is 0 Å². The molecule has 0 bridgehead atoms. The van der Waals surface area contributed by atoms with Gasteiger partial charge in [0.15, 0.2) is 0 Å². The van der Waals surface area contributed by atoms with Crippen molar-refractivity contribution in [1.82, 2.24) is 9.80 Å². The topological polar surface area (TPSA) is 79.6 Å². The average Bonchev–Trinajstić information content (AvgIpc) is 2.54. The van der Waals surface area contributed by atoms with Crippen molar-refractivity contribution in [2.24, 2.45) is 0 Å². The molecule has 6 heteroatoms. The predicted octanol–water partition coefficient (Wildman–Crippen LogP) is 1.27. The normalized spacial score (nSPS) is 18.0. The Morgan fingerprint density at radius 1 is 1.33 bits per heavy atom. The molecule has 0 saturated carbocycles. The number of nitriles is 1. The Balaban J connectivity index is 1.90. The molecule has 6 nitrogen and oxygen atoms in total. The molecule has 1 aliphatic rings. The Morgan fingerprint density at radius 2 is 1.96 bits per heavy atom. The molecule has 1 saturated heterocycles. The van der Waals surface area contributed by atoms with Gasteiger partial charge in [-0.3, -0.25) is 14.6 Å². The van der Waals surface area contributed by atoms with Crippen molar-refractivity contribution >= 4 is 11.6 Å². The summed E-state index contributed by atoms with van der Waals surface area (Å²) < 4.78 is 0. The van der Waals surface area contributed by atoms with Crippen LogP contribution >= 0.6 is 0 Å². The minimum absolute atomic E-state index is 0.103. The highest BCUT2D eigenvalue weighted by molar-refractivity contribution is 5.95. The predicted molar refractivity (Wildman–Crippen MR) is 93.6 cm³/mol. The molecule has 24 heavy (non-hydrogen) atoms. The molecule has 0 spiro atoms. The summed E-state index contributed by atoms with van der Waals surface area (Å²) in [5.74, 6) is -0.103. The summed E-state index contributed by atoms with van der Waals surface area (Å²) >= 11 is 0. The molecule has 1 fully saturated rings. The van der Waals surface area contributed by atoms with E-state index in [-0.39, 0.29) is 11.9 Å². The SMILES string of the molecule is C[C@@H](C(=O)Nc1ccccc1C#N)N1CCN(CC(C)(C)O)CC1. The molecule has 0 radical (unpaired) electrons. The molecule has 0 unspecified atom stereocenters. The Morgan fingerprint density at radius 3 is 2.54 bits per heavy atom. The van der Waals surface area contributed by atoms with Crippen LogP contribution in [0.4, 0.5) is 5.69 Å². The van der Waals surface area contributed by atoms with Crippen molar-refractivity contribution < 1.29 is 9.90 Å². The third-order valence-electron chi connectivity index (χ3n) is 4.25. The van der Waals surface area contributed by atoms with Crippen molar-refractivity contribution in [1.29, 1.82) is 5.26 Å². The number of amides is 1. The molecule has 1 aliphatic heterocycles. The smallest absolute Gasteiger partial charge is 0.241 e. The zero-order valence-electron chi connectivity index (χ0n) is 14.6. The second kappa shape index (κ2) is 7.75. The summed E-state index contributed by atoms with van der Waals surface area (Å²) in [4.78, 5) is 16.8. The fourth-order valence-corrected chi connectivity index (χ4v) is 2.95. The lowest BCUT2D eigenvalue weighted by Crippen LogP contribution is -2.54. The van der Waals surface area contributed by atoms with Crippen LogP contribution < -0.4 is 5.32 Å². The van der Waals surface area contributed by atoms with Crippen LogP contribution in [0.2, 0.25) is 0 Å². The van der Waals surface area contributed by atoms with E-state index in [4.69, 9.17) is 5.26 Å². The number of carbonyl (C=O) groups excluding carboxylic acids is 1. The van der Waals surface area contributed by atoms with Gasteiger partial charge in [-0.05, 0) is 32.9 Å². The molecule has 2 N–H and O–H groups in total.